The molecule has 6 heteroatoms. The van der Waals surface area contributed by atoms with Gasteiger partial charge in [-0.1, -0.05) is 23.2 Å². The predicted octanol–water partition coefficient (Wildman–Crippen LogP) is 2.74. The van der Waals surface area contributed by atoms with E-state index in [0.717, 1.165) is 0 Å². The number of nitrogen functional groups attached to an aromatic ring is 1. The molecule has 2 aromatic rings. The van der Waals surface area contributed by atoms with Crippen molar-refractivity contribution in [3.63, 3.8) is 0 Å². The molecule has 0 radical (unpaired) electrons. The van der Waals surface area contributed by atoms with Crippen LogP contribution in [0.25, 0.3) is 11.4 Å². The van der Waals surface area contributed by atoms with E-state index in [9.17, 15) is 0 Å². The largest absolute Gasteiger partial charge is 0.308 e. The third-order valence-corrected chi connectivity index (χ3v) is 2.54. The average molecular weight is 255 g/mol. The minimum atomic E-state index is 0.475. The summed E-state index contributed by atoms with van der Waals surface area (Å²) in [6, 6.07) is 6.77. The maximum Gasteiger partial charge on any atom is 0.163 e. The highest BCUT2D eigenvalue weighted by molar-refractivity contribution is 6.35. The lowest BCUT2D eigenvalue weighted by Gasteiger charge is -2.05. The fourth-order valence-corrected chi connectivity index (χ4v) is 1.61. The topological polar surface area (TPSA) is 63.8 Å². The van der Waals surface area contributed by atoms with Crippen LogP contribution < -0.4 is 11.3 Å². The molecule has 1 aromatic heterocycles. The van der Waals surface area contributed by atoms with E-state index in [-0.39, 0.29) is 0 Å². The average Bonchev–Trinajstić information content (AvgIpc) is 2.32. The Morgan fingerprint density at radius 1 is 1.19 bits per heavy atom. The minimum Gasteiger partial charge on any atom is -0.308 e. The minimum absolute atomic E-state index is 0.475. The molecule has 82 valence electrons. The number of anilines is 1. The van der Waals surface area contributed by atoms with Crippen LogP contribution in [0.5, 0.6) is 0 Å². The van der Waals surface area contributed by atoms with Crippen molar-refractivity contribution >= 4 is 29.0 Å². The Kier molecular flexibility index (Phi) is 3.24. The van der Waals surface area contributed by atoms with E-state index >= 15 is 0 Å². The van der Waals surface area contributed by atoms with Gasteiger partial charge in [0.05, 0.1) is 5.02 Å². The van der Waals surface area contributed by atoms with Crippen LogP contribution in [0.3, 0.4) is 0 Å². The first-order chi connectivity index (χ1) is 7.70. The third-order valence-electron chi connectivity index (χ3n) is 1.97. The fraction of sp³-hybridized carbons (Fsp3) is 0. The van der Waals surface area contributed by atoms with Crippen LogP contribution in [-0.4, -0.2) is 9.97 Å². The lowest BCUT2D eigenvalue weighted by molar-refractivity contribution is 1.15. The highest BCUT2D eigenvalue weighted by atomic mass is 35.5. The number of hydrazine groups is 1. The molecule has 4 nitrogen and oxygen atoms in total. The zero-order valence-corrected chi connectivity index (χ0v) is 9.63. The van der Waals surface area contributed by atoms with Crippen LogP contribution in [0.1, 0.15) is 0 Å². The van der Waals surface area contributed by atoms with Crippen LogP contribution >= 0.6 is 23.2 Å². The Bertz CT molecular complexity index is 516. The van der Waals surface area contributed by atoms with Crippen molar-refractivity contribution in [3.05, 3.63) is 40.5 Å². The summed E-state index contributed by atoms with van der Waals surface area (Å²) in [5, 5.41) is 1.12. The van der Waals surface area contributed by atoms with Crippen molar-refractivity contribution in [1.29, 1.82) is 0 Å². The summed E-state index contributed by atoms with van der Waals surface area (Å²) in [5.41, 5.74) is 3.12. The molecule has 16 heavy (non-hydrogen) atoms. The molecule has 3 N–H and O–H groups in total. The van der Waals surface area contributed by atoms with Crippen LogP contribution in [-0.2, 0) is 0 Å². The molecule has 1 heterocycles. The van der Waals surface area contributed by atoms with Gasteiger partial charge in [0.1, 0.15) is 5.82 Å². The predicted molar refractivity (Wildman–Crippen MR) is 65.3 cm³/mol. The van der Waals surface area contributed by atoms with Crippen molar-refractivity contribution in [2.75, 3.05) is 5.43 Å². The SMILES string of the molecule is NNc1ccnc(-c2cc(Cl)ccc2Cl)n1. The first-order valence-electron chi connectivity index (χ1n) is 4.46. The molecule has 0 saturated heterocycles. The lowest BCUT2D eigenvalue weighted by atomic mass is 10.2. The third kappa shape index (κ3) is 2.24. The number of nitrogens with two attached hydrogens (primary N) is 1. The molecular formula is C10H8Cl2N4. The molecule has 0 atom stereocenters. The molecule has 0 bridgehead atoms. The maximum atomic E-state index is 6.04. The molecule has 2 rings (SSSR count). The Morgan fingerprint density at radius 2 is 2.00 bits per heavy atom. The second kappa shape index (κ2) is 4.65. The fourth-order valence-electron chi connectivity index (χ4n) is 1.24. The van der Waals surface area contributed by atoms with Crippen molar-refractivity contribution < 1.29 is 0 Å². The molecule has 0 aliphatic rings. The van der Waals surface area contributed by atoms with Gasteiger partial charge < -0.3 is 5.43 Å². The molecule has 0 aliphatic carbocycles. The van der Waals surface area contributed by atoms with E-state index in [1.807, 2.05) is 0 Å². The Hall–Kier alpha value is -1.36. The van der Waals surface area contributed by atoms with Gasteiger partial charge >= 0.3 is 0 Å². The van der Waals surface area contributed by atoms with Crippen LogP contribution in [0.2, 0.25) is 10.0 Å². The lowest BCUT2D eigenvalue weighted by Crippen LogP contribution is -2.09. The summed E-state index contributed by atoms with van der Waals surface area (Å²) >= 11 is 11.9. The van der Waals surface area contributed by atoms with E-state index in [0.29, 0.717) is 27.3 Å². The summed E-state index contributed by atoms with van der Waals surface area (Å²) in [6.45, 7) is 0. The molecule has 0 amide bonds. The highest BCUT2D eigenvalue weighted by Gasteiger charge is 2.07. The number of aromatic nitrogens is 2. The normalized spacial score (nSPS) is 10.2. The highest BCUT2D eigenvalue weighted by Crippen LogP contribution is 2.28. The van der Waals surface area contributed by atoms with Gasteiger partial charge in [-0.15, -0.1) is 0 Å². The van der Waals surface area contributed by atoms with Crippen LogP contribution in [0.15, 0.2) is 30.5 Å². The van der Waals surface area contributed by atoms with Gasteiger partial charge in [0.2, 0.25) is 0 Å². The first kappa shape index (κ1) is 11.1. The van der Waals surface area contributed by atoms with E-state index in [1.54, 1.807) is 30.5 Å². The summed E-state index contributed by atoms with van der Waals surface area (Å²) in [4.78, 5) is 8.28. The summed E-state index contributed by atoms with van der Waals surface area (Å²) in [5.74, 6) is 6.26. The standard InChI is InChI=1S/C10H8Cl2N4/c11-6-1-2-8(12)7(5-6)10-14-4-3-9(15-10)16-13/h1-5H,13H2,(H,14,15,16). The van der Waals surface area contributed by atoms with Gasteiger partial charge in [0, 0.05) is 22.8 Å². The number of benzene rings is 1. The Morgan fingerprint density at radius 3 is 2.75 bits per heavy atom. The van der Waals surface area contributed by atoms with E-state index in [4.69, 9.17) is 29.0 Å². The van der Waals surface area contributed by atoms with Crippen LogP contribution in [0, 0.1) is 0 Å². The van der Waals surface area contributed by atoms with E-state index in [1.165, 1.54) is 0 Å². The van der Waals surface area contributed by atoms with E-state index < -0.39 is 0 Å². The van der Waals surface area contributed by atoms with E-state index in [2.05, 4.69) is 15.4 Å². The molecule has 0 fully saturated rings. The zero-order chi connectivity index (χ0) is 11.5. The summed E-state index contributed by atoms with van der Waals surface area (Å²) < 4.78 is 0. The van der Waals surface area contributed by atoms with Gasteiger partial charge in [-0.3, -0.25) is 0 Å². The van der Waals surface area contributed by atoms with Crippen LogP contribution in [0.4, 0.5) is 5.82 Å². The van der Waals surface area contributed by atoms with Gasteiger partial charge in [-0.25, -0.2) is 15.8 Å². The quantitative estimate of drug-likeness (QED) is 0.639. The molecule has 0 unspecified atom stereocenters. The first-order valence-corrected chi connectivity index (χ1v) is 5.21. The van der Waals surface area contributed by atoms with Gasteiger partial charge in [-0.2, -0.15) is 0 Å². The van der Waals surface area contributed by atoms with Crippen molar-refractivity contribution in [1.82, 2.24) is 9.97 Å². The zero-order valence-electron chi connectivity index (χ0n) is 8.11. The van der Waals surface area contributed by atoms with Gasteiger partial charge in [0.25, 0.3) is 0 Å². The Labute approximate surface area is 102 Å². The Balaban J connectivity index is 2.53. The van der Waals surface area contributed by atoms with Crippen molar-refractivity contribution in [2.45, 2.75) is 0 Å². The number of halogens is 2. The molecule has 0 saturated carbocycles. The summed E-state index contributed by atoms with van der Waals surface area (Å²) in [6.07, 6.45) is 1.59. The van der Waals surface area contributed by atoms with Crippen molar-refractivity contribution in [2.24, 2.45) is 5.84 Å². The molecule has 0 aliphatic heterocycles. The second-order valence-electron chi connectivity index (χ2n) is 3.03. The monoisotopic (exact) mass is 254 g/mol. The smallest absolute Gasteiger partial charge is 0.163 e. The number of rotatable bonds is 2. The summed E-state index contributed by atoms with van der Waals surface area (Å²) in [7, 11) is 0. The molecule has 1 aromatic carbocycles. The molecule has 0 spiro atoms. The van der Waals surface area contributed by atoms with Gasteiger partial charge in [-0.05, 0) is 18.2 Å². The number of nitrogens with one attached hydrogen (secondary N) is 1. The number of nitrogens with zero attached hydrogens (tertiary/aromatic N) is 2. The van der Waals surface area contributed by atoms with Gasteiger partial charge in [0.15, 0.2) is 5.82 Å². The number of hydrogen-bond acceptors (Lipinski definition) is 4. The molecular weight excluding hydrogens is 247 g/mol. The number of hydrogen-bond donors (Lipinski definition) is 2. The maximum absolute atomic E-state index is 6.04. The van der Waals surface area contributed by atoms with Crippen molar-refractivity contribution in [3.8, 4) is 11.4 Å². The second-order valence-corrected chi connectivity index (χ2v) is 3.88.